The number of ether oxygens (including phenoxy) is 3. The molecular weight excluding hydrogens is 694 g/mol. The number of rotatable bonds is 12. The van der Waals surface area contributed by atoms with Crippen LogP contribution in [0.15, 0.2) is 103 Å². The molecule has 11 heteroatoms. The summed E-state index contributed by atoms with van der Waals surface area (Å²) in [5.41, 5.74) is 4.44. The van der Waals surface area contributed by atoms with Crippen LogP contribution < -0.4 is 10.6 Å². The van der Waals surface area contributed by atoms with Crippen LogP contribution in [0.1, 0.15) is 65.5 Å². The van der Waals surface area contributed by atoms with E-state index in [0.29, 0.717) is 30.8 Å². The highest BCUT2D eigenvalue weighted by atomic mass is 35.5. The summed E-state index contributed by atoms with van der Waals surface area (Å²) >= 11 is 6.10. The summed E-state index contributed by atoms with van der Waals surface area (Å²) in [5.74, 6) is -0.503. The first-order valence-electron chi connectivity index (χ1n) is 18.1. The first-order valence-corrected chi connectivity index (χ1v) is 18.5. The Hall–Kier alpha value is -4.29. The molecule has 0 bridgehead atoms. The predicted molar refractivity (Wildman–Crippen MR) is 202 cm³/mol. The van der Waals surface area contributed by atoms with Crippen LogP contribution in [0, 0.1) is 5.92 Å². The number of aliphatic hydroxyl groups is 2. The van der Waals surface area contributed by atoms with Crippen molar-refractivity contribution in [2.24, 2.45) is 5.92 Å². The summed E-state index contributed by atoms with van der Waals surface area (Å²) in [5, 5.41) is 27.3. The molecule has 2 amide bonds. The van der Waals surface area contributed by atoms with E-state index in [4.69, 9.17) is 25.8 Å². The third kappa shape index (κ3) is 9.83. The Morgan fingerprint density at radius 2 is 1.53 bits per heavy atom. The number of aliphatic hydroxyl groups excluding tert-OH is 1. The molecule has 0 aromatic heterocycles. The molecule has 280 valence electrons. The normalized spacial score (nSPS) is 22.1. The third-order valence-corrected chi connectivity index (χ3v) is 10.7. The number of benzene rings is 4. The molecule has 4 aromatic carbocycles. The number of amides is 2. The summed E-state index contributed by atoms with van der Waals surface area (Å²) in [6, 6.07) is 31.2. The summed E-state index contributed by atoms with van der Waals surface area (Å²) < 4.78 is 18.3. The van der Waals surface area contributed by atoms with Gasteiger partial charge >= 0.3 is 12.0 Å². The van der Waals surface area contributed by atoms with Crippen molar-refractivity contribution in [1.82, 2.24) is 15.5 Å². The minimum atomic E-state index is -0.898. The second kappa shape index (κ2) is 17.7. The zero-order valence-electron chi connectivity index (χ0n) is 30.1. The highest BCUT2D eigenvalue weighted by molar-refractivity contribution is 6.30. The first kappa shape index (κ1) is 38.4. The molecule has 5 atom stereocenters. The molecule has 0 radical (unpaired) electrons. The summed E-state index contributed by atoms with van der Waals surface area (Å²) in [7, 11) is 1.30. The number of nitrogens with zero attached hydrogens (tertiary/aromatic N) is 1. The topological polar surface area (TPSA) is 130 Å². The Balaban J connectivity index is 1.10. The lowest BCUT2D eigenvalue weighted by atomic mass is 9.84. The molecule has 2 saturated heterocycles. The van der Waals surface area contributed by atoms with E-state index in [-0.39, 0.29) is 31.3 Å². The van der Waals surface area contributed by atoms with Gasteiger partial charge in [-0.2, -0.15) is 0 Å². The van der Waals surface area contributed by atoms with E-state index in [2.05, 4.69) is 22.5 Å². The number of halogens is 1. The molecule has 53 heavy (non-hydrogen) atoms. The van der Waals surface area contributed by atoms with E-state index in [1.54, 1.807) is 0 Å². The SMILES string of the molecule is COC(=O)[C@H](Cc1ccccc1)NC(=O)NCc1ccc([C@H]2O[C@@H](CN3CCC(O)(c4ccc(Cl)cc4)CC3)[C@@H](C)[C@@H](c3ccc(CO)cc3)O2)cc1. The van der Waals surface area contributed by atoms with Crippen molar-refractivity contribution < 1.29 is 34.0 Å². The predicted octanol–water partition coefficient (Wildman–Crippen LogP) is 6.19. The van der Waals surface area contributed by atoms with E-state index < -0.39 is 29.9 Å². The molecule has 2 aliphatic heterocycles. The van der Waals surface area contributed by atoms with Crippen LogP contribution in [-0.4, -0.2) is 66.0 Å². The molecular formula is C42H48ClN3O7. The lowest BCUT2D eigenvalue weighted by Crippen LogP contribution is -2.49. The Kier molecular flexibility index (Phi) is 12.8. The van der Waals surface area contributed by atoms with Gasteiger partial charge in [-0.3, -0.25) is 0 Å². The lowest BCUT2D eigenvalue weighted by molar-refractivity contribution is -0.277. The number of piperidine rings is 1. The molecule has 2 aliphatic rings. The van der Waals surface area contributed by atoms with Gasteiger partial charge in [0.1, 0.15) is 6.04 Å². The minimum Gasteiger partial charge on any atom is -0.467 e. The van der Waals surface area contributed by atoms with Crippen LogP contribution in [0.5, 0.6) is 0 Å². The van der Waals surface area contributed by atoms with Gasteiger partial charge in [-0.25, -0.2) is 9.59 Å². The average Bonchev–Trinajstić information content (AvgIpc) is 3.19. The number of urea groups is 1. The Morgan fingerprint density at radius 3 is 2.17 bits per heavy atom. The number of nitrogens with one attached hydrogen (secondary N) is 2. The summed E-state index contributed by atoms with van der Waals surface area (Å²) in [6.07, 6.45) is 0.454. The number of methoxy groups -OCH3 is 1. The van der Waals surface area contributed by atoms with Crippen molar-refractivity contribution in [3.63, 3.8) is 0 Å². The number of carbonyl (C=O) groups is 2. The fourth-order valence-corrected chi connectivity index (χ4v) is 7.23. The average molecular weight is 742 g/mol. The summed E-state index contributed by atoms with van der Waals surface area (Å²) in [4.78, 5) is 27.5. The van der Waals surface area contributed by atoms with Crippen molar-refractivity contribution in [3.8, 4) is 0 Å². The van der Waals surface area contributed by atoms with E-state index in [1.807, 2.05) is 103 Å². The molecule has 0 spiro atoms. The van der Waals surface area contributed by atoms with Crippen molar-refractivity contribution in [3.05, 3.63) is 142 Å². The fraction of sp³-hybridized carbons (Fsp3) is 0.381. The largest absolute Gasteiger partial charge is 0.467 e. The number of carbonyl (C=O) groups excluding carboxylic acids is 2. The van der Waals surface area contributed by atoms with Gasteiger partial charge in [0.15, 0.2) is 6.29 Å². The monoisotopic (exact) mass is 741 g/mol. The fourth-order valence-electron chi connectivity index (χ4n) is 7.11. The van der Waals surface area contributed by atoms with Gasteiger partial charge in [-0.1, -0.05) is 110 Å². The molecule has 4 N–H and O–H groups in total. The zero-order valence-corrected chi connectivity index (χ0v) is 30.9. The van der Waals surface area contributed by atoms with E-state index in [0.717, 1.165) is 46.5 Å². The maximum absolute atomic E-state index is 12.8. The first-order chi connectivity index (χ1) is 25.6. The number of likely N-dealkylation sites (tertiary alicyclic amines) is 1. The molecule has 0 saturated carbocycles. The quantitative estimate of drug-likeness (QED) is 0.127. The molecule has 4 aromatic rings. The molecule has 2 fully saturated rings. The molecule has 10 nitrogen and oxygen atoms in total. The van der Waals surface area contributed by atoms with Gasteiger partial charge in [-0.05, 0) is 52.8 Å². The molecule has 6 rings (SSSR count). The molecule has 2 heterocycles. The summed E-state index contributed by atoms with van der Waals surface area (Å²) in [6.45, 7) is 4.47. The van der Waals surface area contributed by atoms with Gasteiger partial charge in [0.25, 0.3) is 0 Å². The van der Waals surface area contributed by atoms with Crippen LogP contribution in [0.4, 0.5) is 4.79 Å². The van der Waals surface area contributed by atoms with E-state index in [9.17, 15) is 19.8 Å². The maximum Gasteiger partial charge on any atom is 0.328 e. The second-order valence-electron chi connectivity index (χ2n) is 14.0. The Morgan fingerprint density at radius 1 is 0.887 bits per heavy atom. The van der Waals surface area contributed by atoms with Crippen molar-refractivity contribution in [2.45, 2.75) is 69.5 Å². The van der Waals surface area contributed by atoms with E-state index >= 15 is 0 Å². The van der Waals surface area contributed by atoms with Crippen LogP contribution in [0.2, 0.25) is 5.02 Å². The van der Waals surface area contributed by atoms with Gasteiger partial charge in [0.2, 0.25) is 0 Å². The van der Waals surface area contributed by atoms with Gasteiger partial charge in [0.05, 0.1) is 31.5 Å². The van der Waals surface area contributed by atoms with Crippen LogP contribution in [0.25, 0.3) is 0 Å². The van der Waals surface area contributed by atoms with Crippen molar-refractivity contribution >= 4 is 23.6 Å². The standard InChI is InChI=1S/C42H48ClN3O7/c1-28-37(26-46-22-20-42(50,21-23-46)34-16-18-35(43)19-17-34)52-40(53-38(28)32-12-10-31(27-47)11-13-32)33-14-8-30(9-15-33)25-44-41(49)45-36(39(48)51-2)24-29-6-4-3-5-7-29/h3-19,28,36-38,40,47,50H,20-27H2,1-2H3,(H2,44,45,49)/t28-,36+,37+,38+,40+/m1/s1. The molecule has 0 unspecified atom stereocenters. The highest BCUT2D eigenvalue weighted by Gasteiger charge is 2.41. The Labute approximate surface area is 316 Å². The van der Waals surface area contributed by atoms with Gasteiger partial charge < -0.3 is 40.0 Å². The smallest absolute Gasteiger partial charge is 0.328 e. The number of esters is 1. The van der Waals surface area contributed by atoms with Gasteiger partial charge in [-0.15, -0.1) is 0 Å². The highest BCUT2D eigenvalue weighted by Crippen LogP contribution is 2.42. The number of hydrogen-bond donors (Lipinski definition) is 4. The zero-order chi connectivity index (χ0) is 37.4. The molecule has 0 aliphatic carbocycles. The lowest BCUT2D eigenvalue weighted by Gasteiger charge is -2.45. The second-order valence-corrected chi connectivity index (χ2v) is 14.4. The van der Waals surface area contributed by atoms with Gasteiger partial charge in [0, 0.05) is 49.1 Å². The minimum absolute atomic E-state index is 0.0148. The maximum atomic E-state index is 12.8. The van der Waals surface area contributed by atoms with Crippen LogP contribution in [-0.2, 0) is 44.2 Å². The van der Waals surface area contributed by atoms with Crippen LogP contribution in [0.3, 0.4) is 0 Å². The third-order valence-electron chi connectivity index (χ3n) is 10.4. The van der Waals surface area contributed by atoms with Crippen molar-refractivity contribution in [1.29, 1.82) is 0 Å². The van der Waals surface area contributed by atoms with Crippen molar-refractivity contribution in [2.75, 3.05) is 26.7 Å². The Bertz CT molecular complexity index is 1780. The van der Waals surface area contributed by atoms with E-state index in [1.165, 1.54) is 7.11 Å². The number of hydrogen-bond acceptors (Lipinski definition) is 8. The van der Waals surface area contributed by atoms with Crippen LogP contribution >= 0.6 is 11.6 Å².